The monoisotopic (exact) mass is 438 g/mol. The van der Waals surface area contributed by atoms with Gasteiger partial charge in [-0.1, -0.05) is 18.2 Å². The Bertz CT molecular complexity index is 1180. The number of aromatic nitrogens is 3. The Balaban J connectivity index is 1.41. The van der Waals surface area contributed by atoms with Crippen molar-refractivity contribution in [2.45, 2.75) is 43.4 Å². The minimum atomic E-state index is -3.36. The van der Waals surface area contributed by atoms with Gasteiger partial charge in [-0.2, -0.15) is 0 Å². The molecule has 8 heteroatoms. The predicted molar refractivity (Wildman–Crippen MR) is 118 cm³/mol. The first-order valence-corrected chi connectivity index (χ1v) is 12.2. The Morgan fingerprint density at radius 2 is 1.94 bits per heavy atom. The molecule has 3 heterocycles. The van der Waals surface area contributed by atoms with E-state index in [1.165, 1.54) is 0 Å². The van der Waals surface area contributed by atoms with Crippen molar-refractivity contribution < 1.29 is 13.2 Å². The van der Waals surface area contributed by atoms with Gasteiger partial charge in [0.05, 0.1) is 16.3 Å². The number of sulfone groups is 1. The minimum absolute atomic E-state index is 0.00108. The number of amides is 1. The van der Waals surface area contributed by atoms with E-state index in [0.717, 1.165) is 23.9 Å². The standard InChI is InChI=1S/C23H26N4O3S/c1-17-25-22(20-11-5-13-24-23(20)26-17)18-8-6-14-27(16-18)21(28)12-7-15-31(29,30)19-9-3-2-4-10-19/h2-5,9-11,13,18H,6-8,12,14-16H2,1H3. The van der Waals surface area contributed by atoms with Gasteiger partial charge in [0.15, 0.2) is 15.5 Å². The van der Waals surface area contributed by atoms with Crippen molar-refractivity contribution in [3.8, 4) is 0 Å². The average Bonchev–Trinajstić information content (AvgIpc) is 2.79. The highest BCUT2D eigenvalue weighted by Gasteiger charge is 2.27. The van der Waals surface area contributed by atoms with E-state index in [1.54, 1.807) is 36.5 Å². The van der Waals surface area contributed by atoms with Gasteiger partial charge in [0.2, 0.25) is 5.91 Å². The maximum absolute atomic E-state index is 12.8. The highest BCUT2D eigenvalue weighted by atomic mass is 32.2. The normalized spacial score (nSPS) is 17.1. The summed E-state index contributed by atoms with van der Waals surface area (Å²) in [6.45, 7) is 3.14. The van der Waals surface area contributed by atoms with Gasteiger partial charge < -0.3 is 4.90 Å². The van der Waals surface area contributed by atoms with Crippen molar-refractivity contribution in [1.82, 2.24) is 19.9 Å². The number of fused-ring (bicyclic) bond motifs is 1. The molecule has 0 spiro atoms. The molecule has 1 atom stereocenters. The molecule has 0 aliphatic carbocycles. The smallest absolute Gasteiger partial charge is 0.222 e. The Morgan fingerprint density at radius 1 is 1.13 bits per heavy atom. The molecule has 1 unspecified atom stereocenters. The molecular formula is C23H26N4O3S. The van der Waals surface area contributed by atoms with Crippen LogP contribution in [0.2, 0.25) is 0 Å². The van der Waals surface area contributed by atoms with Gasteiger partial charge >= 0.3 is 0 Å². The van der Waals surface area contributed by atoms with E-state index in [2.05, 4.69) is 15.0 Å². The summed E-state index contributed by atoms with van der Waals surface area (Å²) in [7, 11) is -3.36. The second kappa shape index (κ2) is 9.09. The maximum Gasteiger partial charge on any atom is 0.222 e. The van der Waals surface area contributed by atoms with Crippen LogP contribution in [0.3, 0.4) is 0 Å². The molecule has 1 fully saturated rings. The number of hydrogen-bond donors (Lipinski definition) is 0. The summed E-state index contributed by atoms with van der Waals surface area (Å²) in [5, 5.41) is 0.932. The van der Waals surface area contributed by atoms with Gasteiger partial charge in [-0.25, -0.2) is 23.4 Å². The summed E-state index contributed by atoms with van der Waals surface area (Å²) in [5.41, 5.74) is 1.62. The van der Waals surface area contributed by atoms with E-state index in [1.807, 2.05) is 24.0 Å². The maximum atomic E-state index is 12.8. The lowest BCUT2D eigenvalue weighted by Crippen LogP contribution is -2.39. The Labute approximate surface area is 182 Å². The predicted octanol–water partition coefficient (Wildman–Crippen LogP) is 3.29. The number of likely N-dealkylation sites (tertiary alicyclic amines) is 1. The number of nitrogens with zero attached hydrogens (tertiary/aromatic N) is 4. The first-order chi connectivity index (χ1) is 14.9. The van der Waals surface area contributed by atoms with Crippen LogP contribution in [0, 0.1) is 6.92 Å². The topological polar surface area (TPSA) is 93.1 Å². The lowest BCUT2D eigenvalue weighted by atomic mass is 9.92. The molecule has 7 nitrogen and oxygen atoms in total. The molecule has 4 rings (SSSR count). The van der Waals surface area contributed by atoms with Gasteiger partial charge in [-0.05, 0) is 50.5 Å². The van der Waals surface area contributed by atoms with Crippen molar-refractivity contribution in [2.24, 2.45) is 0 Å². The van der Waals surface area contributed by atoms with Crippen molar-refractivity contribution in [2.75, 3.05) is 18.8 Å². The number of pyridine rings is 1. The van der Waals surface area contributed by atoms with Crippen LogP contribution in [-0.4, -0.2) is 53.0 Å². The highest BCUT2D eigenvalue weighted by Crippen LogP contribution is 2.30. The molecule has 1 aromatic carbocycles. The number of carbonyl (C=O) groups is 1. The van der Waals surface area contributed by atoms with Gasteiger partial charge in [-0.3, -0.25) is 4.79 Å². The number of carbonyl (C=O) groups excluding carboxylic acids is 1. The Hall–Kier alpha value is -2.87. The van der Waals surface area contributed by atoms with E-state index >= 15 is 0 Å². The number of rotatable bonds is 6. The average molecular weight is 439 g/mol. The van der Waals surface area contributed by atoms with Gasteiger partial charge in [0, 0.05) is 37.0 Å². The second-order valence-electron chi connectivity index (χ2n) is 7.95. The fourth-order valence-corrected chi connectivity index (χ4v) is 5.49. The molecule has 162 valence electrons. The van der Waals surface area contributed by atoms with E-state index in [-0.39, 0.29) is 24.0 Å². The number of hydrogen-bond acceptors (Lipinski definition) is 6. The fourth-order valence-electron chi connectivity index (χ4n) is 4.15. The second-order valence-corrected chi connectivity index (χ2v) is 10.1. The summed E-state index contributed by atoms with van der Waals surface area (Å²) < 4.78 is 24.9. The van der Waals surface area contributed by atoms with Crippen LogP contribution >= 0.6 is 0 Å². The summed E-state index contributed by atoms with van der Waals surface area (Å²) in [4.78, 5) is 28.4. The van der Waals surface area contributed by atoms with Crippen molar-refractivity contribution >= 4 is 26.8 Å². The molecule has 1 aliphatic rings. The van der Waals surface area contributed by atoms with E-state index in [0.29, 0.717) is 35.9 Å². The van der Waals surface area contributed by atoms with Gasteiger partial charge in [-0.15, -0.1) is 0 Å². The van der Waals surface area contributed by atoms with Crippen LogP contribution in [0.4, 0.5) is 0 Å². The van der Waals surface area contributed by atoms with Crippen molar-refractivity contribution in [3.05, 3.63) is 60.2 Å². The van der Waals surface area contributed by atoms with Crippen LogP contribution in [0.15, 0.2) is 53.6 Å². The third-order valence-electron chi connectivity index (χ3n) is 5.68. The molecule has 2 aromatic heterocycles. The molecule has 1 aliphatic heterocycles. The first-order valence-electron chi connectivity index (χ1n) is 10.6. The molecule has 31 heavy (non-hydrogen) atoms. The Kier molecular flexibility index (Phi) is 6.27. The van der Waals surface area contributed by atoms with Crippen molar-refractivity contribution in [3.63, 3.8) is 0 Å². The number of benzene rings is 1. The summed E-state index contributed by atoms with van der Waals surface area (Å²) in [6, 6.07) is 12.2. The molecule has 0 bridgehead atoms. The fraction of sp³-hybridized carbons (Fsp3) is 0.391. The molecule has 1 amide bonds. The zero-order valence-corrected chi connectivity index (χ0v) is 18.4. The van der Waals surface area contributed by atoms with Crippen LogP contribution in [0.25, 0.3) is 11.0 Å². The molecule has 0 saturated carbocycles. The van der Waals surface area contributed by atoms with E-state index < -0.39 is 9.84 Å². The first kappa shape index (κ1) is 21.4. The zero-order valence-electron chi connectivity index (χ0n) is 17.6. The van der Waals surface area contributed by atoms with Crippen LogP contribution in [-0.2, 0) is 14.6 Å². The number of piperidine rings is 1. The van der Waals surface area contributed by atoms with E-state index in [9.17, 15) is 13.2 Å². The lowest BCUT2D eigenvalue weighted by Gasteiger charge is -2.33. The quantitative estimate of drug-likeness (QED) is 0.586. The van der Waals surface area contributed by atoms with Crippen LogP contribution in [0.5, 0.6) is 0 Å². The summed E-state index contributed by atoms with van der Waals surface area (Å²) >= 11 is 0. The van der Waals surface area contributed by atoms with Crippen LogP contribution in [0.1, 0.15) is 43.1 Å². The third-order valence-corrected chi connectivity index (χ3v) is 7.50. The lowest BCUT2D eigenvalue weighted by molar-refractivity contribution is -0.132. The van der Waals surface area contributed by atoms with E-state index in [4.69, 9.17) is 0 Å². The Morgan fingerprint density at radius 3 is 2.74 bits per heavy atom. The zero-order chi connectivity index (χ0) is 21.8. The molecular weight excluding hydrogens is 412 g/mol. The van der Waals surface area contributed by atoms with Crippen molar-refractivity contribution in [1.29, 1.82) is 0 Å². The van der Waals surface area contributed by atoms with Gasteiger partial charge in [0.1, 0.15) is 5.82 Å². The SMILES string of the molecule is Cc1nc(C2CCCN(C(=O)CCCS(=O)(=O)c3ccccc3)C2)c2cccnc2n1. The molecule has 1 saturated heterocycles. The largest absolute Gasteiger partial charge is 0.342 e. The molecule has 0 radical (unpaired) electrons. The summed E-state index contributed by atoms with van der Waals surface area (Å²) in [6.07, 6.45) is 4.11. The number of aryl methyl sites for hydroxylation is 1. The highest BCUT2D eigenvalue weighted by molar-refractivity contribution is 7.91. The third kappa shape index (κ3) is 4.90. The van der Waals surface area contributed by atoms with Gasteiger partial charge in [0.25, 0.3) is 0 Å². The molecule has 3 aromatic rings. The molecule has 0 N–H and O–H groups in total. The van der Waals surface area contributed by atoms with Crippen LogP contribution < -0.4 is 0 Å². The minimum Gasteiger partial charge on any atom is -0.342 e. The summed E-state index contributed by atoms with van der Waals surface area (Å²) in [5.74, 6) is 0.776.